The molecule has 4 nitrogen and oxygen atoms in total. The first-order valence-electron chi connectivity index (χ1n) is 7.46. The molecule has 3 N–H and O–H groups in total. The predicted molar refractivity (Wildman–Crippen MR) is 97.5 cm³/mol. The van der Waals surface area contributed by atoms with Crippen molar-refractivity contribution in [1.29, 1.82) is 0 Å². The van der Waals surface area contributed by atoms with E-state index in [9.17, 15) is 0 Å². The van der Waals surface area contributed by atoms with Gasteiger partial charge in [0.25, 0.3) is 0 Å². The molecule has 0 fully saturated rings. The number of benzene rings is 2. The number of rotatable bonds is 5. The molecular weight excluding hydrogens is 306 g/mol. The molecule has 0 radical (unpaired) electrons. The molecule has 0 unspecified atom stereocenters. The van der Waals surface area contributed by atoms with Crippen molar-refractivity contribution in [3.63, 3.8) is 0 Å². The van der Waals surface area contributed by atoms with E-state index in [-0.39, 0.29) is 6.10 Å². The molecule has 118 valence electrons. The van der Waals surface area contributed by atoms with Crippen LogP contribution in [0.1, 0.15) is 13.8 Å². The standard InChI is InChI=1S/C18H19N3OS/c1-12(2)22-17-9-4-3-8-15(17)20-18-21-16(11-23-18)13-6-5-7-14(19)10-13/h3-12H,19H2,1-2H3,(H,20,21). The fourth-order valence-corrected chi connectivity index (χ4v) is 2.94. The molecule has 5 heteroatoms. The second-order valence-corrected chi connectivity index (χ2v) is 6.31. The Hall–Kier alpha value is -2.53. The van der Waals surface area contributed by atoms with Crippen molar-refractivity contribution in [2.45, 2.75) is 20.0 Å². The molecular formula is C18H19N3OS. The Bertz CT molecular complexity index is 798. The first-order valence-corrected chi connectivity index (χ1v) is 8.34. The number of thiazole rings is 1. The van der Waals surface area contributed by atoms with Gasteiger partial charge in [-0.1, -0.05) is 24.3 Å². The number of nitrogens with zero attached hydrogens (tertiary/aromatic N) is 1. The maximum absolute atomic E-state index is 5.84. The largest absolute Gasteiger partial charge is 0.489 e. The van der Waals surface area contributed by atoms with E-state index < -0.39 is 0 Å². The van der Waals surface area contributed by atoms with E-state index >= 15 is 0 Å². The molecule has 0 saturated heterocycles. The zero-order chi connectivity index (χ0) is 16.2. The minimum atomic E-state index is 0.122. The Kier molecular flexibility index (Phi) is 4.48. The van der Waals surface area contributed by atoms with Gasteiger partial charge in [0.1, 0.15) is 5.75 Å². The molecule has 0 aliphatic carbocycles. The fourth-order valence-electron chi connectivity index (χ4n) is 2.20. The Morgan fingerprint density at radius 1 is 1.13 bits per heavy atom. The van der Waals surface area contributed by atoms with Crippen molar-refractivity contribution in [2.75, 3.05) is 11.1 Å². The maximum Gasteiger partial charge on any atom is 0.187 e. The van der Waals surface area contributed by atoms with Crippen molar-refractivity contribution in [2.24, 2.45) is 0 Å². The minimum Gasteiger partial charge on any atom is -0.489 e. The van der Waals surface area contributed by atoms with Crippen LogP contribution < -0.4 is 15.8 Å². The number of hydrogen-bond donors (Lipinski definition) is 2. The first kappa shape index (κ1) is 15.4. The van der Waals surface area contributed by atoms with Gasteiger partial charge < -0.3 is 15.8 Å². The molecule has 0 aliphatic rings. The third-order valence-electron chi connectivity index (χ3n) is 3.18. The number of ether oxygens (including phenoxy) is 1. The van der Waals surface area contributed by atoms with Gasteiger partial charge in [-0.15, -0.1) is 11.3 Å². The zero-order valence-corrected chi connectivity index (χ0v) is 13.9. The Morgan fingerprint density at radius 3 is 2.74 bits per heavy atom. The monoisotopic (exact) mass is 325 g/mol. The summed E-state index contributed by atoms with van der Waals surface area (Å²) >= 11 is 1.55. The summed E-state index contributed by atoms with van der Waals surface area (Å²) in [4.78, 5) is 4.63. The van der Waals surface area contributed by atoms with E-state index in [1.807, 2.05) is 67.8 Å². The van der Waals surface area contributed by atoms with Crippen molar-refractivity contribution in [3.05, 3.63) is 53.9 Å². The average molecular weight is 325 g/mol. The Morgan fingerprint density at radius 2 is 1.96 bits per heavy atom. The lowest BCUT2D eigenvalue weighted by molar-refractivity contribution is 0.244. The van der Waals surface area contributed by atoms with Crippen LogP contribution in [0.4, 0.5) is 16.5 Å². The quantitative estimate of drug-likeness (QED) is 0.653. The van der Waals surface area contributed by atoms with E-state index in [4.69, 9.17) is 10.5 Å². The minimum absolute atomic E-state index is 0.122. The summed E-state index contributed by atoms with van der Waals surface area (Å²) in [5.74, 6) is 0.822. The van der Waals surface area contributed by atoms with Gasteiger partial charge in [0.2, 0.25) is 0 Å². The number of hydrogen-bond acceptors (Lipinski definition) is 5. The summed E-state index contributed by atoms with van der Waals surface area (Å²) < 4.78 is 5.82. The fraction of sp³-hybridized carbons (Fsp3) is 0.167. The van der Waals surface area contributed by atoms with Crippen LogP contribution in [0.2, 0.25) is 0 Å². The van der Waals surface area contributed by atoms with E-state index in [0.29, 0.717) is 0 Å². The second-order valence-electron chi connectivity index (χ2n) is 5.45. The lowest BCUT2D eigenvalue weighted by Gasteiger charge is -2.14. The number of nitrogen functional groups attached to an aromatic ring is 1. The summed E-state index contributed by atoms with van der Waals surface area (Å²) in [6, 6.07) is 15.6. The molecule has 0 amide bonds. The second kappa shape index (κ2) is 6.71. The van der Waals surface area contributed by atoms with Crippen LogP contribution in [0.15, 0.2) is 53.9 Å². The number of anilines is 3. The highest BCUT2D eigenvalue weighted by Crippen LogP contribution is 2.32. The molecule has 1 aromatic heterocycles. The van der Waals surface area contributed by atoms with Gasteiger partial charge in [0.05, 0.1) is 17.5 Å². The lowest BCUT2D eigenvalue weighted by Crippen LogP contribution is -2.07. The molecule has 0 aliphatic heterocycles. The highest BCUT2D eigenvalue weighted by atomic mass is 32.1. The van der Waals surface area contributed by atoms with Gasteiger partial charge in [-0.2, -0.15) is 0 Å². The molecule has 2 aromatic carbocycles. The topological polar surface area (TPSA) is 60.2 Å². The summed E-state index contributed by atoms with van der Waals surface area (Å²) in [6.07, 6.45) is 0.122. The average Bonchev–Trinajstić information content (AvgIpc) is 2.97. The van der Waals surface area contributed by atoms with E-state index in [2.05, 4.69) is 10.3 Å². The van der Waals surface area contributed by atoms with E-state index in [1.54, 1.807) is 11.3 Å². The molecule has 23 heavy (non-hydrogen) atoms. The SMILES string of the molecule is CC(C)Oc1ccccc1Nc1nc(-c2cccc(N)c2)cs1. The molecule has 0 saturated carbocycles. The molecule has 3 rings (SSSR count). The van der Waals surface area contributed by atoms with Crippen LogP contribution >= 0.6 is 11.3 Å². The van der Waals surface area contributed by atoms with Gasteiger partial charge in [0, 0.05) is 16.6 Å². The van der Waals surface area contributed by atoms with Gasteiger partial charge >= 0.3 is 0 Å². The van der Waals surface area contributed by atoms with E-state index in [1.165, 1.54) is 0 Å². The predicted octanol–water partition coefficient (Wildman–Crippen LogP) is 4.92. The van der Waals surface area contributed by atoms with Crippen LogP contribution in [-0.2, 0) is 0 Å². The molecule has 3 aromatic rings. The highest BCUT2D eigenvalue weighted by Gasteiger charge is 2.09. The third kappa shape index (κ3) is 3.81. The van der Waals surface area contributed by atoms with Crippen LogP contribution in [0.3, 0.4) is 0 Å². The summed E-state index contributed by atoms with van der Waals surface area (Å²) in [7, 11) is 0. The number of para-hydroxylation sites is 2. The summed E-state index contributed by atoms with van der Waals surface area (Å²) in [5, 5.41) is 6.17. The number of nitrogens with one attached hydrogen (secondary N) is 1. The van der Waals surface area contributed by atoms with Gasteiger partial charge in [-0.05, 0) is 38.1 Å². The maximum atomic E-state index is 5.84. The molecule has 0 atom stereocenters. The Labute approximate surface area is 140 Å². The lowest BCUT2D eigenvalue weighted by atomic mass is 10.1. The van der Waals surface area contributed by atoms with Gasteiger partial charge in [-0.25, -0.2) is 4.98 Å². The van der Waals surface area contributed by atoms with E-state index in [0.717, 1.165) is 33.5 Å². The number of aromatic nitrogens is 1. The Balaban J connectivity index is 1.82. The van der Waals surface area contributed by atoms with Gasteiger partial charge in [-0.3, -0.25) is 0 Å². The van der Waals surface area contributed by atoms with Crippen molar-refractivity contribution >= 4 is 27.8 Å². The van der Waals surface area contributed by atoms with Crippen LogP contribution in [0, 0.1) is 0 Å². The van der Waals surface area contributed by atoms with Crippen LogP contribution in [0.5, 0.6) is 5.75 Å². The smallest absolute Gasteiger partial charge is 0.187 e. The third-order valence-corrected chi connectivity index (χ3v) is 3.94. The van der Waals surface area contributed by atoms with Gasteiger partial charge in [0.15, 0.2) is 5.13 Å². The zero-order valence-electron chi connectivity index (χ0n) is 13.1. The molecule has 1 heterocycles. The van der Waals surface area contributed by atoms with Crippen molar-refractivity contribution in [1.82, 2.24) is 4.98 Å². The molecule has 0 bridgehead atoms. The van der Waals surface area contributed by atoms with Crippen molar-refractivity contribution < 1.29 is 4.74 Å². The summed E-state index contributed by atoms with van der Waals surface area (Å²) in [6.45, 7) is 4.02. The van der Waals surface area contributed by atoms with Crippen molar-refractivity contribution in [3.8, 4) is 17.0 Å². The number of nitrogens with two attached hydrogens (primary N) is 1. The first-order chi connectivity index (χ1) is 11.1. The van der Waals surface area contributed by atoms with Crippen LogP contribution in [0.25, 0.3) is 11.3 Å². The normalized spacial score (nSPS) is 10.7. The summed E-state index contributed by atoms with van der Waals surface area (Å²) in [5.41, 5.74) is 9.41. The van der Waals surface area contributed by atoms with Crippen LogP contribution in [-0.4, -0.2) is 11.1 Å². The highest BCUT2D eigenvalue weighted by molar-refractivity contribution is 7.14. The molecule has 0 spiro atoms.